The highest BCUT2D eigenvalue weighted by Gasteiger charge is 2.26. The molecule has 3 heterocycles. The Morgan fingerprint density at radius 1 is 0.316 bits per heavy atom. The highest BCUT2D eigenvalue weighted by Crippen LogP contribution is 2.44. The number of fused-ring (bicyclic) bond motifs is 7. The van der Waals surface area contributed by atoms with Crippen molar-refractivity contribution < 1.29 is 0 Å². The maximum atomic E-state index is 2.79. The third kappa shape index (κ3) is 9.24. The summed E-state index contributed by atoms with van der Waals surface area (Å²) in [4.78, 5) is 0. The molecule has 0 radical (unpaired) electrons. The molecule has 57 heavy (non-hydrogen) atoms. The summed E-state index contributed by atoms with van der Waals surface area (Å²) in [6, 6.07) is 33.0. The van der Waals surface area contributed by atoms with Crippen LogP contribution in [0.1, 0.15) is 147 Å². The van der Waals surface area contributed by atoms with Gasteiger partial charge in [0.05, 0.1) is 33.1 Å². The van der Waals surface area contributed by atoms with Crippen molar-refractivity contribution in [3.63, 3.8) is 0 Å². The van der Waals surface area contributed by atoms with Crippen LogP contribution in [0.25, 0.3) is 66.1 Å². The zero-order chi connectivity index (χ0) is 39.6. The largest absolute Gasteiger partial charge is 0.337 e. The van der Waals surface area contributed by atoms with Crippen molar-refractivity contribution in [3.05, 3.63) is 96.1 Å². The molecule has 0 unspecified atom stereocenters. The number of aromatic nitrogens is 3. The van der Waals surface area contributed by atoms with Gasteiger partial charge in [0, 0.05) is 30.4 Å². The third-order valence-electron chi connectivity index (χ3n) is 12.8. The molecule has 0 saturated heterocycles. The number of hydrogen-bond donors (Lipinski definition) is 0. The number of rotatable bonds is 23. The molecule has 3 aromatic heterocycles. The molecule has 0 aliphatic carbocycles. The zero-order valence-electron chi connectivity index (χ0n) is 36.3. The van der Waals surface area contributed by atoms with Gasteiger partial charge in [0.25, 0.3) is 0 Å². The molecule has 0 aliphatic rings. The van der Waals surface area contributed by atoms with E-state index in [1.807, 2.05) is 0 Å². The lowest BCUT2D eigenvalue weighted by atomic mass is 10.0. The van der Waals surface area contributed by atoms with Crippen molar-refractivity contribution in [1.82, 2.24) is 13.7 Å². The summed E-state index contributed by atoms with van der Waals surface area (Å²) in [5.74, 6) is 0. The van der Waals surface area contributed by atoms with Crippen LogP contribution in [0.4, 0.5) is 0 Å². The van der Waals surface area contributed by atoms with Crippen LogP contribution in [0.15, 0.2) is 84.9 Å². The summed E-state index contributed by atoms with van der Waals surface area (Å²) < 4.78 is 8.35. The average molecular weight is 762 g/mol. The Balaban J connectivity index is 1.44. The van der Waals surface area contributed by atoms with Crippen LogP contribution in [0, 0.1) is 13.8 Å². The summed E-state index contributed by atoms with van der Waals surface area (Å²) >= 11 is 0. The fourth-order valence-corrected chi connectivity index (χ4v) is 9.49. The number of aryl methyl sites for hydroxylation is 5. The lowest BCUT2D eigenvalue weighted by Gasteiger charge is -2.12. The van der Waals surface area contributed by atoms with Gasteiger partial charge in [-0.1, -0.05) is 201 Å². The van der Waals surface area contributed by atoms with E-state index in [1.165, 1.54) is 193 Å². The molecule has 7 rings (SSSR count). The summed E-state index contributed by atoms with van der Waals surface area (Å²) in [6.07, 6.45) is 23.5. The maximum absolute atomic E-state index is 2.79. The van der Waals surface area contributed by atoms with Crippen LogP contribution in [0.5, 0.6) is 0 Å². The smallest absolute Gasteiger partial charge is 0.0922 e. The molecule has 3 heteroatoms. The van der Waals surface area contributed by atoms with Crippen molar-refractivity contribution in [1.29, 1.82) is 0 Å². The van der Waals surface area contributed by atoms with E-state index in [2.05, 4.69) is 133 Å². The summed E-state index contributed by atoms with van der Waals surface area (Å²) in [6.45, 7) is 14.5. The first-order valence-electron chi connectivity index (χ1n) is 23.3. The van der Waals surface area contributed by atoms with E-state index in [0.29, 0.717) is 0 Å². The maximum Gasteiger partial charge on any atom is 0.0922 e. The van der Waals surface area contributed by atoms with Crippen LogP contribution in [0.2, 0.25) is 0 Å². The Bertz CT molecular complexity index is 2170. The fraction of sp³-hybridized carbons (Fsp3) is 0.481. The second kappa shape index (κ2) is 20.0. The molecule has 0 atom stereocenters. The van der Waals surface area contributed by atoms with Gasteiger partial charge in [0.15, 0.2) is 0 Å². The van der Waals surface area contributed by atoms with Crippen molar-refractivity contribution in [3.8, 4) is 22.3 Å². The fourth-order valence-electron chi connectivity index (χ4n) is 9.49. The molecular formula is C54H71N3. The first-order valence-corrected chi connectivity index (χ1v) is 23.3. The number of nitrogens with zero attached hydrogens (tertiary/aromatic N) is 3. The number of unbranched alkanes of at least 4 members (excludes halogenated alkanes) is 15. The third-order valence-corrected chi connectivity index (χ3v) is 12.8. The summed E-state index contributed by atoms with van der Waals surface area (Å²) in [7, 11) is 0. The number of hydrogen-bond acceptors (Lipinski definition) is 0. The standard InChI is InChI=1S/C54H71N3/c1-6-9-12-15-18-21-36-55-49-39-45(43-28-24-41(4)25-29-43)32-34-47(49)51-53(55)54-52(57(51)38-23-20-17-14-11-8-3)48-35-33-46(44-30-26-42(5)27-31-44)40-50(48)56(54)37-22-19-16-13-10-7-2/h24-35,39-40H,6-23,36-38H2,1-5H3. The van der Waals surface area contributed by atoms with E-state index in [0.717, 1.165) is 19.6 Å². The summed E-state index contributed by atoms with van der Waals surface area (Å²) in [5.41, 5.74) is 16.6. The molecule has 0 fully saturated rings. The first-order chi connectivity index (χ1) is 28.0. The molecule has 0 aliphatic heterocycles. The van der Waals surface area contributed by atoms with E-state index in [-0.39, 0.29) is 0 Å². The van der Waals surface area contributed by atoms with Crippen LogP contribution < -0.4 is 0 Å². The molecule has 4 aromatic carbocycles. The zero-order valence-corrected chi connectivity index (χ0v) is 36.3. The average Bonchev–Trinajstić information content (AvgIpc) is 3.84. The van der Waals surface area contributed by atoms with E-state index in [4.69, 9.17) is 0 Å². The molecular weight excluding hydrogens is 691 g/mol. The van der Waals surface area contributed by atoms with Crippen molar-refractivity contribution >= 4 is 43.9 Å². The SMILES string of the molecule is CCCCCCCCn1c2cc(-c3ccc(C)cc3)ccc2c2c1c1c(c3ccc(-c4ccc(C)cc4)cc3n1CCCCCCCC)n2CCCCCCCC. The van der Waals surface area contributed by atoms with Crippen LogP contribution >= 0.6 is 0 Å². The van der Waals surface area contributed by atoms with E-state index >= 15 is 0 Å². The molecule has 7 aromatic rings. The molecule has 0 amide bonds. The Hall–Kier alpha value is -4.24. The van der Waals surface area contributed by atoms with Gasteiger partial charge in [0.2, 0.25) is 0 Å². The van der Waals surface area contributed by atoms with Crippen molar-refractivity contribution in [2.45, 2.75) is 170 Å². The van der Waals surface area contributed by atoms with Crippen LogP contribution in [-0.4, -0.2) is 13.7 Å². The lowest BCUT2D eigenvalue weighted by molar-refractivity contribution is 0.567. The summed E-state index contributed by atoms with van der Waals surface area (Å²) in [5, 5.41) is 2.84. The van der Waals surface area contributed by atoms with Crippen LogP contribution in [-0.2, 0) is 19.6 Å². The second-order valence-corrected chi connectivity index (χ2v) is 17.3. The van der Waals surface area contributed by atoms with Gasteiger partial charge in [-0.3, -0.25) is 0 Å². The van der Waals surface area contributed by atoms with Gasteiger partial charge in [-0.25, -0.2) is 0 Å². The minimum absolute atomic E-state index is 1.06. The minimum Gasteiger partial charge on any atom is -0.337 e. The van der Waals surface area contributed by atoms with Crippen molar-refractivity contribution in [2.75, 3.05) is 0 Å². The van der Waals surface area contributed by atoms with Gasteiger partial charge in [-0.15, -0.1) is 0 Å². The molecule has 0 bridgehead atoms. The van der Waals surface area contributed by atoms with Crippen molar-refractivity contribution in [2.24, 2.45) is 0 Å². The second-order valence-electron chi connectivity index (χ2n) is 17.3. The van der Waals surface area contributed by atoms with Gasteiger partial charge in [-0.2, -0.15) is 0 Å². The molecule has 302 valence electrons. The van der Waals surface area contributed by atoms with E-state index < -0.39 is 0 Å². The van der Waals surface area contributed by atoms with Gasteiger partial charge >= 0.3 is 0 Å². The number of benzene rings is 4. The highest BCUT2D eigenvalue weighted by atomic mass is 15.1. The Morgan fingerprint density at radius 3 is 1.00 bits per heavy atom. The monoisotopic (exact) mass is 762 g/mol. The highest BCUT2D eigenvalue weighted by molar-refractivity contribution is 6.24. The molecule has 0 saturated carbocycles. The first kappa shape index (κ1) is 40.9. The quantitative estimate of drug-likeness (QED) is 0.0577. The minimum atomic E-state index is 1.06. The molecule has 0 spiro atoms. The predicted molar refractivity (Wildman–Crippen MR) is 251 cm³/mol. The van der Waals surface area contributed by atoms with Gasteiger partial charge in [-0.05, 0) is 67.5 Å². The lowest BCUT2D eigenvalue weighted by Crippen LogP contribution is -2.02. The predicted octanol–water partition coefficient (Wildman–Crippen LogP) is 16.7. The van der Waals surface area contributed by atoms with Crippen LogP contribution in [0.3, 0.4) is 0 Å². The van der Waals surface area contributed by atoms with E-state index in [9.17, 15) is 0 Å². The topological polar surface area (TPSA) is 14.8 Å². The van der Waals surface area contributed by atoms with E-state index in [1.54, 1.807) is 0 Å². The Morgan fingerprint density at radius 2 is 0.632 bits per heavy atom. The normalized spacial score (nSPS) is 12.0. The van der Waals surface area contributed by atoms with Gasteiger partial charge < -0.3 is 13.7 Å². The molecule has 3 nitrogen and oxygen atoms in total. The Kier molecular flexibility index (Phi) is 14.3. The molecule has 0 N–H and O–H groups in total. The van der Waals surface area contributed by atoms with Gasteiger partial charge in [0.1, 0.15) is 0 Å². The Labute approximate surface area is 344 Å².